The summed E-state index contributed by atoms with van der Waals surface area (Å²) in [4.78, 5) is 27.2. The van der Waals surface area contributed by atoms with Crippen LogP contribution in [0.25, 0.3) is 0 Å². The van der Waals surface area contributed by atoms with Gasteiger partial charge in [-0.25, -0.2) is 14.6 Å². The number of carbonyl (C=O) groups excluding carboxylic acids is 1. The Balaban J connectivity index is 2.08. The molecule has 1 aromatic heterocycles. The Labute approximate surface area is 138 Å². The molecule has 0 radical (unpaired) electrons. The third kappa shape index (κ3) is 4.14. The fourth-order valence-electron chi connectivity index (χ4n) is 1.67. The first-order valence-corrected chi connectivity index (χ1v) is 7.93. The fourth-order valence-corrected chi connectivity index (χ4v) is 2.80. The van der Waals surface area contributed by atoms with E-state index in [0.717, 1.165) is 8.58 Å². The van der Waals surface area contributed by atoms with Gasteiger partial charge in [0.1, 0.15) is 5.01 Å². The second-order valence-electron chi connectivity index (χ2n) is 4.19. The van der Waals surface area contributed by atoms with Crippen LogP contribution in [0.5, 0.6) is 0 Å². The van der Waals surface area contributed by atoms with Gasteiger partial charge in [0.15, 0.2) is 0 Å². The summed E-state index contributed by atoms with van der Waals surface area (Å²) in [7, 11) is 0. The first kappa shape index (κ1) is 15.7. The van der Waals surface area contributed by atoms with Crippen LogP contribution in [-0.4, -0.2) is 22.1 Å². The minimum atomic E-state index is -1.09. The van der Waals surface area contributed by atoms with E-state index in [0.29, 0.717) is 0 Å². The highest BCUT2D eigenvalue weighted by Crippen LogP contribution is 2.20. The number of carbonyl (C=O) groups is 2. The maximum Gasteiger partial charge on any atom is 0.337 e. The summed E-state index contributed by atoms with van der Waals surface area (Å²) in [6.07, 6.45) is 1.66. The zero-order chi connectivity index (χ0) is 15.4. The number of hydrogen-bond donors (Lipinski definition) is 3. The fraction of sp³-hybridized carbons (Fsp3) is 0.154. The average Bonchev–Trinajstić information content (AvgIpc) is 2.94. The molecule has 0 bridgehead atoms. The highest BCUT2D eigenvalue weighted by atomic mass is 127. The molecule has 1 aromatic carbocycles. The standard InChI is InChI=1S/C13H12IN3O3S/c1-7(11-15-4-5-21-11)16-13(20)17-10-3-2-8(14)6-9(10)12(18)19/h2-7H,1H3,(H,18,19)(H2,16,17,20). The van der Waals surface area contributed by atoms with Crippen molar-refractivity contribution in [1.82, 2.24) is 10.3 Å². The van der Waals surface area contributed by atoms with E-state index >= 15 is 0 Å². The van der Waals surface area contributed by atoms with E-state index < -0.39 is 12.0 Å². The number of urea groups is 1. The van der Waals surface area contributed by atoms with E-state index in [2.05, 4.69) is 15.6 Å². The minimum Gasteiger partial charge on any atom is -0.478 e. The number of carboxylic acids is 1. The van der Waals surface area contributed by atoms with Crippen LogP contribution in [0.2, 0.25) is 0 Å². The predicted octanol–water partition coefficient (Wildman–Crippen LogP) is 3.33. The van der Waals surface area contributed by atoms with Gasteiger partial charge in [0.05, 0.1) is 17.3 Å². The summed E-state index contributed by atoms with van der Waals surface area (Å²) in [6, 6.07) is 4.08. The normalized spacial score (nSPS) is 11.7. The molecule has 0 aliphatic heterocycles. The van der Waals surface area contributed by atoms with Crippen LogP contribution in [0.1, 0.15) is 28.3 Å². The number of benzene rings is 1. The number of aromatic carboxylic acids is 1. The molecule has 3 N–H and O–H groups in total. The quantitative estimate of drug-likeness (QED) is 0.666. The van der Waals surface area contributed by atoms with Crippen molar-refractivity contribution in [3.8, 4) is 0 Å². The number of thiazole rings is 1. The van der Waals surface area contributed by atoms with Crippen LogP contribution in [-0.2, 0) is 0 Å². The predicted molar refractivity (Wildman–Crippen MR) is 88.8 cm³/mol. The Morgan fingerprint density at radius 3 is 2.81 bits per heavy atom. The van der Waals surface area contributed by atoms with Crippen molar-refractivity contribution in [2.24, 2.45) is 0 Å². The van der Waals surface area contributed by atoms with Gasteiger partial charge in [-0.15, -0.1) is 11.3 Å². The number of anilines is 1. The lowest BCUT2D eigenvalue weighted by Crippen LogP contribution is -2.31. The van der Waals surface area contributed by atoms with Gasteiger partial charge in [-0.05, 0) is 47.7 Å². The Morgan fingerprint density at radius 1 is 1.43 bits per heavy atom. The number of halogens is 1. The molecule has 0 aliphatic rings. The molecule has 0 fully saturated rings. The molecule has 1 heterocycles. The van der Waals surface area contributed by atoms with Crippen molar-refractivity contribution < 1.29 is 14.7 Å². The van der Waals surface area contributed by atoms with Crippen LogP contribution < -0.4 is 10.6 Å². The van der Waals surface area contributed by atoms with Gasteiger partial charge in [0.25, 0.3) is 0 Å². The summed E-state index contributed by atoms with van der Waals surface area (Å²) < 4.78 is 0.784. The number of nitrogens with one attached hydrogen (secondary N) is 2. The Kier molecular flexibility index (Phi) is 5.12. The highest BCUT2D eigenvalue weighted by molar-refractivity contribution is 14.1. The zero-order valence-corrected chi connectivity index (χ0v) is 13.9. The third-order valence-corrected chi connectivity index (χ3v) is 4.26. The van der Waals surface area contributed by atoms with Gasteiger partial charge in [-0.2, -0.15) is 0 Å². The SMILES string of the molecule is CC(NC(=O)Nc1ccc(I)cc1C(=O)O)c1nccs1. The second-order valence-corrected chi connectivity index (χ2v) is 6.36. The van der Waals surface area contributed by atoms with Crippen molar-refractivity contribution >= 4 is 51.6 Å². The molecule has 110 valence electrons. The van der Waals surface area contributed by atoms with E-state index in [4.69, 9.17) is 5.11 Å². The van der Waals surface area contributed by atoms with E-state index in [9.17, 15) is 9.59 Å². The largest absolute Gasteiger partial charge is 0.478 e. The maximum absolute atomic E-state index is 11.9. The molecule has 21 heavy (non-hydrogen) atoms. The molecule has 6 nitrogen and oxygen atoms in total. The molecule has 2 amide bonds. The van der Waals surface area contributed by atoms with Gasteiger partial charge >= 0.3 is 12.0 Å². The topological polar surface area (TPSA) is 91.3 Å². The van der Waals surface area contributed by atoms with Crippen molar-refractivity contribution in [3.63, 3.8) is 0 Å². The van der Waals surface area contributed by atoms with Crippen LogP contribution >= 0.6 is 33.9 Å². The molecule has 0 aliphatic carbocycles. The number of aromatic nitrogens is 1. The summed E-state index contributed by atoms with van der Waals surface area (Å²) in [6.45, 7) is 1.81. The minimum absolute atomic E-state index is 0.0546. The summed E-state index contributed by atoms with van der Waals surface area (Å²) in [5, 5.41) is 17.0. The molecule has 1 atom stereocenters. The van der Waals surface area contributed by atoms with E-state index in [1.54, 1.807) is 18.3 Å². The number of carboxylic acid groups (broad SMARTS) is 1. The summed E-state index contributed by atoms with van der Waals surface area (Å²) in [5.41, 5.74) is 0.311. The first-order chi connectivity index (χ1) is 9.97. The van der Waals surface area contributed by atoms with E-state index in [1.807, 2.05) is 34.9 Å². The third-order valence-electron chi connectivity index (χ3n) is 2.63. The Bertz CT molecular complexity index is 661. The van der Waals surface area contributed by atoms with Crippen LogP contribution in [0.3, 0.4) is 0 Å². The maximum atomic E-state index is 11.9. The van der Waals surface area contributed by atoms with Crippen molar-refractivity contribution in [3.05, 3.63) is 43.9 Å². The lowest BCUT2D eigenvalue weighted by Gasteiger charge is -2.13. The van der Waals surface area contributed by atoms with Crippen LogP contribution in [0, 0.1) is 3.57 Å². The summed E-state index contributed by atoms with van der Waals surface area (Å²) in [5.74, 6) is -1.09. The monoisotopic (exact) mass is 417 g/mol. The molecule has 0 spiro atoms. The lowest BCUT2D eigenvalue weighted by atomic mass is 10.2. The van der Waals surface area contributed by atoms with E-state index in [-0.39, 0.29) is 17.3 Å². The van der Waals surface area contributed by atoms with Gasteiger partial charge < -0.3 is 15.7 Å². The number of nitrogens with zero attached hydrogens (tertiary/aromatic N) is 1. The molecule has 0 saturated carbocycles. The van der Waals surface area contributed by atoms with Crippen LogP contribution in [0.4, 0.5) is 10.5 Å². The van der Waals surface area contributed by atoms with Crippen molar-refractivity contribution in [1.29, 1.82) is 0 Å². The smallest absolute Gasteiger partial charge is 0.337 e. The average molecular weight is 417 g/mol. The molecule has 0 saturated heterocycles. The van der Waals surface area contributed by atoms with Gasteiger partial charge in [0.2, 0.25) is 0 Å². The molecular formula is C13H12IN3O3S. The zero-order valence-electron chi connectivity index (χ0n) is 11.0. The Hall–Kier alpha value is -1.68. The molecule has 1 unspecified atom stereocenters. The number of rotatable bonds is 4. The van der Waals surface area contributed by atoms with Crippen LogP contribution in [0.15, 0.2) is 29.8 Å². The van der Waals surface area contributed by atoms with Gasteiger partial charge in [-0.3, -0.25) is 0 Å². The van der Waals surface area contributed by atoms with Gasteiger partial charge in [-0.1, -0.05) is 0 Å². The second kappa shape index (κ2) is 6.85. The number of amides is 2. The van der Waals surface area contributed by atoms with E-state index in [1.165, 1.54) is 17.4 Å². The summed E-state index contributed by atoms with van der Waals surface area (Å²) >= 11 is 3.46. The van der Waals surface area contributed by atoms with Crippen molar-refractivity contribution in [2.45, 2.75) is 13.0 Å². The van der Waals surface area contributed by atoms with Gasteiger partial charge in [0, 0.05) is 15.1 Å². The molecule has 2 rings (SSSR count). The molecular weight excluding hydrogens is 405 g/mol. The number of hydrogen-bond acceptors (Lipinski definition) is 4. The highest BCUT2D eigenvalue weighted by Gasteiger charge is 2.15. The molecule has 2 aromatic rings. The first-order valence-electron chi connectivity index (χ1n) is 5.97. The lowest BCUT2D eigenvalue weighted by molar-refractivity contribution is 0.0698. The molecule has 8 heteroatoms. The van der Waals surface area contributed by atoms with Crippen molar-refractivity contribution in [2.75, 3.05) is 5.32 Å². The Morgan fingerprint density at radius 2 is 2.19 bits per heavy atom.